The van der Waals surface area contributed by atoms with Gasteiger partial charge in [-0.25, -0.2) is 0 Å². The molecule has 104 valence electrons. The molecule has 0 aliphatic carbocycles. The van der Waals surface area contributed by atoms with E-state index < -0.39 is 4.92 Å². The van der Waals surface area contributed by atoms with Crippen LogP contribution in [0.25, 0.3) is 11.4 Å². The van der Waals surface area contributed by atoms with Crippen LogP contribution < -0.4 is 5.32 Å². The minimum Gasteiger partial charge on any atom is -0.339 e. The maximum Gasteiger partial charge on any atom is 0.269 e. The molecule has 0 radical (unpaired) electrons. The number of rotatable bonds is 3. The quantitative estimate of drug-likeness (QED) is 0.680. The van der Waals surface area contributed by atoms with E-state index in [-0.39, 0.29) is 11.6 Å². The summed E-state index contributed by atoms with van der Waals surface area (Å²) in [6, 6.07) is 6.14. The third-order valence-electron chi connectivity index (χ3n) is 3.42. The van der Waals surface area contributed by atoms with Crippen LogP contribution >= 0.6 is 0 Å². The van der Waals surface area contributed by atoms with Gasteiger partial charge in [-0.1, -0.05) is 5.16 Å². The first kappa shape index (κ1) is 12.7. The summed E-state index contributed by atoms with van der Waals surface area (Å²) < 4.78 is 5.30. The van der Waals surface area contributed by atoms with Gasteiger partial charge in [0.15, 0.2) is 0 Å². The molecule has 0 bridgehead atoms. The van der Waals surface area contributed by atoms with Crippen molar-refractivity contribution in [2.45, 2.75) is 18.8 Å². The van der Waals surface area contributed by atoms with Crippen LogP contribution in [-0.4, -0.2) is 28.2 Å². The Hall–Kier alpha value is -2.28. The van der Waals surface area contributed by atoms with Gasteiger partial charge in [-0.05, 0) is 31.5 Å². The van der Waals surface area contributed by atoms with Crippen LogP contribution in [0.5, 0.6) is 0 Å². The summed E-state index contributed by atoms with van der Waals surface area (Å²) in [4.78, 5) is 14.6. The highest BCUT2D eigenvalue weighted by Gasteiger charge is 2.21. The molecule has 2 heterocycles. The van der Waals surface area contributed by atoms with Crippen LogP contribution in [0.2, 0.25) is 0 Å². The Morgan fingerprint density at radius 1 is 1.35 bits per heavy atom. The van der Waals surface area contributed by atoms with Crippen LogP contribution in [0.4, 0.5) is 5.69 Å². The highest BCUT2D eigenvalue weighted by molar-refractivity contribution is 5.56. The second kappa shape index (κ2) is 5.38. The van der Waals surface area contributed by atoms with Crippen LogP contribution in [0.3, 0.4) is 0 Å². The number of nitrogens with one attached hydrogen (secondary N) is 1. The van der Waals surface area contributed by atoms with Gasteiger partial charge >= 0.3 is 0 Å². The van der Waals surface area contributed by atoms with E-state index in [4.69, 9.17) is 4.52 Å². The summed E-state index contributed by atoms with van der Waals surface area (Å²) >= 11 is 0. The molecule has 20 heavy (non-hydrogen) atoms. The average Bonchev–Trinajstić information content (AvgIpc) is 2.98. The second-order valence-corrected chi connectivity index (χ2v) is 4.80. The number of non-ortho nitro benzene ring substituents is 1. The van der Waals surface area contributed by atoms with Crippen molar-refractivity contribution in [1.29, 1.82) is 0 Å². The van der Waals surface area contributed by atoms with Crippen molar-refractivity contribution < 1.29 is 9.45 Å². The third-order valence-corrected chi connectivity index (χ3v) is 3.42. The fraction of sp³-hybridized carbons (Fsp3) is 0.385. The molecule has 3 rings (SSSR count). The predicted molar refractivity (Wildman–Crippen MR) is 71.2 cm³/mol. The van der Waals surface area contributed by atoms with E-state index in [0.29, 0.717) is 11.7 Å². The molecule has 1 fully saturated rings. The molecular weight excluding hydrogens is 260 g/mol. The first-order valence-electron chi connectivity index (χ1n) is 6.53. The van der Waals surface area contributed by atoms with Crippen molar-refractivity contribution in [3.05, 3.63) is 40.3 Å². The Morgan fingerprint density at radius 2 is 2.15 bits per heavy atom. The normalized spacial score (nSPS) is 18.9. The average molecular weight is 274 g/mol. The minimum absolute atomic E-state index is 0.0500. The van der Waals surface area contributed by atoms with Crippen LogP contribution in [0, 0.1) is 10.1 Å². The van der Waals surface area contributed by atoms with Crippen molar-refractivity contribution >= 4 is 5.69 Å². The third kappa shape index (κ3) is 2.53. The number of nitro benzene ring substituents is 1. The first-order chi connectivity index (χ1) is 9.74. The number of hydrogen-bond donors (Lipinski definition) is 1. The van der Waals surface area contributed by atoms with Crippen LogP contribution in [-0.2, 0) is 0 Å². The lowest BCUT2D eigenvalue weighted by Crippen LogP contribution is -2.28. The largest absolute Gasteiger partial charge is 0.339 e. The summed E-state index contributed by atoms with van der Waals surface area (Å²) in [5.41, 5.74) is 0.767. The Bertz CT molecular complexity index is 602. The van der Waals surface area contributed by atoms with E-state index in [9.17, 15) is 10.1 Å². The van der Waals surface area contributed by atoms with E-state index in [1.807, 2.05) is 0 Å². The van der Waals surface area contributed by atoms with Crippen molar-refractivity contribution in [3.8, 4) is 11.4 Å². The van der Waals surface area contributed by atoms with Gasteiger partial charge in [0.2, 0.25) is 11.7 Å². The molecule has 1 N–H and O–H groups in total. The molecule has 0 saturated carbocycles. The van der Waals surface area contributed by atoms with E-state index >= 15 is 0 Å². The van der Waals surface area contributed by atoms with Gasteiger partial charge in [0.1, 0.15) is 0 Å². The predicted octanol–water partition coefficient (Wildman–Crippen LogP) is 2.11. The highest BCUT2D eigenvalue weighted by atomic mass is 16.6. The zero-order chi connectivity index (χ0) is 13.9. The maximum absolute atomic E-state index is 10.6. The zero-order valence-corrected chi connectivity index (χ0v) is 10.8. The standard InChI is InChI=1S/C13H14N4O3/c18-17(19)11-5-3-9(4-6-11)12-15-13(20-16-12)10-2-1-7-14-8-10/h3-6,10,14H,1-2,7-8H2. The molecular formula is C13H14N4O3. The van der Waals surface area contributed by atoms with E-state index in [1.54, 1.807) is 12.1 Å². The van der Waals surface area contributed by atoms with E-state index in [1.165, 1.54) is 12.1 Å². The van der Waals surface area contributed by atoms with Crippen LogP contribution in [0.15, 0.2) is 28.8 Å². The van der Waals surface area contributed by atoms with Crippen molar-refractivity contribution in [2.24, 2.45) is 0 Å². The maximum atomic E-state index is 10.6. The summed E-state index contributed by atoms with van der Waals surface area (Å²) in [7, 11) is 0. The van der Waals surface area contributed by atoms with Crippen molar-refractivity contribution in [1.82, 2.24) is 15.5 Å². The molecule has 0 amide bonds. The molecule has 1 atom stereocenters. The van der Waals surface area contributed by atoms with Crippen molar-refractivity contribution in [2.75, 3.05) is 13.1 Å². The Balaban J connectivity index is 1.80. The molecule has 1 saturated heterocycles. The van der Waals surface area contributed by atoms with Gasteiger partial charge in [0.05, 0.1) is 10.8 Å². The lowest BCUT2D eigenvalue weighted by Gasteiger charge is -2.18. The fourth-order valence-corrected chi connectivity index (χ4v) is 2.31. The van der Waals surface area contributed by atoms with Gasteiger partial charge < -0.3 is 9.84 Å². The monoisotopic (exact) mass is 274 g/mol. The number of aromatic nitrogens is 2. The smallest absolute Gasteiger partial charge is 0.269 e. The fourth-order valence-electron chi connectivity index (χ4n) is 2.31. The van der Waals surface area contributed by atoms with E-state index in [2.05, 4.69) is 15.5 Å². The molecule has 1 aromatic heterocycles. The number of hydrogen-bond acceptors (Lipinski definition) is 6. The Labute approximate surface area is 115 Å². The van der Waals surface area contributed by atoms with Gasteiger partial charge in [-0.2, -0.15) is 4.98 Å². The number of benzene rings is 1. The molecule has 0 spiro atoms. The topological polar surface area (TPSA) is 94.1 Å². The molecule has 1 aliphatic rings. The molecule has 1 aliphatic heterocycles. The summed E-state index contributed by atoms with van der Waals surface area (Å²) in [5, 5.41) is 17.9. The summed E-state index contributed by atoms with van der Waals surface area (Å²) in [5.74, 6) is 1.36. The molecule has 1 aromatic carbocycles. The summed E-state index contributed by atoms with van der Waals surface area (Å²) in [6.45, 7) is 1.88. The van der Waals surface area contributed by atoms with Crippen LogP contribution in [0.1, 0.15) is 24.7 Å². The molecule has 1 unspecified atom stereocenters. The van der Waals surface area contributed by atoms with Gasteiger partial charge in [0, 0.05) is 24.2 Å². The van der Waals surface area contributed by atoms with Gasteiger partial charge in [-0.15, -0.1) is 0 Å². The SMILES string of the molecule is O=[N+]([O-])c1ccc(-c2noc(C3CCCNC3)n2)cc1. The summed E-state index contributed by atoms with van der Waals surface area (Å²) in [6.07, 6.45) is 2.13. The second-order valence-electron chi connectivity index (χ2n) is 4.80. The van der Waals surface area contributed by atoms with Gasteiger partial charge in [-0.3, -0.25) is 10.1 Å². The lowest BCUT2D eigenvalue weighted by atomic mass is 10.00. The molecule has 2 aromatic rings. The van der Waals surface area contributed by atoms with Gasteiger partial charge in [0.25, 0.3) is 5.69 Å². The highest BCUT2D eigenvalue weighted by Crippen LogP contribution is 2.25. The molecule has 7 nitrogen and oxygen atoms in total. The number of nitro groups is 1. The lowest BCUT2D eigenvalue weighted by molar-refractivity contribution is -0.384. The number of nitrogens with zero attached hydrogens (tertiary/aromatic N) is 3. The Morgan fingerprint density at radius 3 is 2.80 bits per heavy atom. The van der Waals surface area contributed by atoms with Crippen molar-refractivity contribution in [3.63, 3.8) is 0 Å². The number of piperidine rings is 1. The zero-order valence-electron chi connectivity index (χ0n) is 10.8. The minimum atomic E-state index is -0.431. The van der Waals surface area contributed by atoms with E-state index in [0.717, 1.165) is 31.5 Å². The molecule has 7 heteroatoms. The first-order valence-corrected chi connectivity index (χ1v) is 6.53. The Kier molecular flexibility index (Phi) is 3.42.